The molecule has 0 aromatic carbocycles. The van der Waals surface area contributed by atoms with Crippen LogP contribution in [0.2, 0.25) is 0 Å². The minimum Gasteiger partial charge on any atom is -0.0859 e. The highest BCUT2D eigenvalue weighted by Crippen LogP contribution is 1.98. The average molecular weight is 261 g/mol. The summed E-state index contributed by atoms with van der Waals surface area (Å²) in [5.41, 5.74) is 3.00. The molecular weight excluding hydrogens is 216 g/mol. The molecule has 0 saturated carbocycles. The molecule has 0 aromatic rings. The van der Waals surface area contributed by atoms with Crippen molar-refractivity contribution in [2.45, 2.75) is 96.9 Å². The van der Waals surface area contributed by atoms with Crippen molar-refractivity contribution in [3.63, 3.8) is 0 Å². The second-order valence-corrected chi connectivity index (χ2v) is 3.62. The fourth-order valence-electron chi connectivity index (χ4n) is 0.986. The molecule has 0 spiro atoms. The van der Waals surface area contributed by atoms with Gasteiger partial charge >= 0.3 is 0 Å². The third kappa shape index (κ3) is 36.1. The van der Waals surface area contributed by atoms with Gasteiger partial charge in [0.25, 0.3) is 0 Å². The first kappa shape index (κ1) is 36.0. The van der Waals surface area contributed by atoms with Crippen molar-refractivity contribution in [1.29, 1.82) is 0 Å². The molecule has 0 aliphatic rings. The summed E-state index contributed by atoms with van der Waals surface area (Å²) in [4.78, 5) is 0. The van der Waals surface area contributed by atoms with Crippen LogP contribution in [-0.4, -0.2) is 0 Å². The monoisotopic (exact) mass is 260 g/mol. The lowest BCUT2D eigenvalue weighted by molar-refractivity contribution is 1.06. The fraction of sp³-hybridized carbons (Fsp3) is 0.778. The maximum absolute atomic E-state index is 2.26. The van der Waals surface area contributed by atoms with E-state index >= 15 is 0 Å². The van der Waals surface area contributed by atoms with Crippen LogP contribution in [-0.2, 0) is 0 Å². The van der Waals surface area contributed by atoms with Gasteiger partial charge in [-0.25, -0.2) is 0 Å². The van der Waals surface area contributed by atoms with Crippen LogP contribution in [0, 0.1) is 0 Å². The molecule has 0 fully saturated rings. The first-order valence-corrected chi connectivity index (χ1v) is 5.93. The minimum absolute atomic E-state index is 0. The van der Waals surface area contributed by atoms with Crippen molar-refractivity contribution in [1.82, 2.24) is 0 Å². The molecule has 0 heterocycles. The highest BCUT2D eigenvalue weighted by Gasteiger charge is 1.77. The predicted molar refractivity (Wildman–Crippen MR) is 95.6 cm³/mol. The fourth-order valence-corrected chi connectivity index (χ4v) is 0.986. The van der Waals surface area contributed by atoms with Gasteiger partial charge in [0.15, 0.2) is 0 Å². The molecule has 18 heavy (non-hydrogen) atoms. The zero-order valence-electron chi connectivity index (χ0n) is 11.0. The average Bonchev–Trinajstić information content (AvgIpc) is 2.19. The quantitative estimate of drug-likeness (QED) is 0.448. The molecule has 116 valence electrons. The van der Waals surface area contributed by atoms with Crippen molar-refractivity contribution in [2.75, 3.05) is 0 Å². The SMILES string of the molecule is C.C.C.C.CC/C=C(/C)CC.CC/C=C(\C)CC. The molecule has 0 aliphatic carbocycles. The van der Waals surface area contributed by atoms with Gasteiger partial charge < -0.3 is 0 Å². The molecule has 0 radical (unpaired) electrons. The Morgan fingerprint density at radius 3 is 0.889 bits per heavy atom. The molecule has 0 saturated heterocycles. The van der Waals surface area contributed by atoms with Gasteiger partial charge in [-0.3, -0.25) is 0 Å². The first-order valence-electron chi connectivity index (χ1n) is 5.93. The molecule has 0 heteroatoms. The van der Waals surface area contributed by atoms with E-state index in [2.05, 4.69) is 53.7 Å². The summed E-state index contributed by atoms with van der Waals surface area (Å²) in [5.74, 6) is 0. The molecule has 0 amide bonds. The third-order valence-corrected chi connectivity index (χ3v) is 2.22. The van der Waals surface area contributed by atoms with E-state index in [4.69, 9.17) is 0 Å². The van der Waals surface area contributed by atoms with Crippen LogP contribution in [0.1, 0.15) is 96.9 Å². The van der Waals surface area contributed by atoms with Gasteiger partial charge in [0.1, 0.15) is 0 Å². The Bertz CT molecular complexity index is 141. The lowest BCUT2D eigenvalue weighted by atomic mass is 10.2. The van der Waals surface area contributed by atoms with Gasteiger partial charge in [0.2, 0.25) is 0 Å². The third-order valence-electron chi connectivity index (χ3n) is 2.22. The Morgan fingerprint density at radius 2 is 0.833 bits per heavy atom. The summed E-state index contributed by atoms with van der Waals surface area (Å²) in [6.07, 6.45) is 9.29. The molecule has 0 aliphatic heterocycles. The molecular formula is C18H44. The summed E-state index contributed by atoms with van der Waals surface area (Å²) >= 11 is 0. The Labute approximate surface area is 121 Å². The topological polar surface area (TPSA) is 0 Å². The van der Waals surface area contributed by atoms with Gasteiger partial charge in [0, 0.05) is 0 Å². The molecule has 0 atom stereocenters. The zero-order chi connectivity index (χ0) is 11.4. The summed E-state index contributed by atoms with van der Waals surface area (Å²) in [5, 5.41) is 0. The smallest absolute Gasteiger partial charge is 0.0352 e. The van der Waals surface area contributed by atoms with Crippen LogP contribution in [0.4, 0.5) is 0 Å². The van der Waals surface area contributed by atoms with E-state index in [0.717, 1.165) is 0 Å². The van der Waals surface area contributed by atoms with Crippen molar-refractivity contribution in [3.05, 3.63) is 23.3 Å². The van der Waals surface area contributed by atoms with Gasteiger partial charge in [-0.2, -0.15) is 0 Å². The number of hydrogen-bond acceptors (Lipinski definition) is 0. The minimum atomic E-state index is 0. The lowest BCUT2D eigenvalue weighted by Gasteiger charge is -1.88. The normalized spacial score (nSPS) is 9.44. The van der Waals surface area contributed by atoms with E-state index in [0.29, 0.717) is 0 Å². The van der Waals surface area contributed by atoms with Crippen LogP contribution in [0.5, 0.6) is 0 Å². The van der Waals surface area contributed by atoms with E-state index in [1.54, 1.807) is 0 Å². The summed E-state index contributed by atoms with van der Waals surface area (Å²) in [7, 11) is 0. The lowest BCUT2D eigenvalue weighted by Crippen LogP contribution is -1.67. The Hall–Kier alpha value is -0.520. The predicted octanol–water partition coefficient (Wildman–Crippen LogP) is 8.05. The molecule has 0 rings (SSSR count). The largest absolute Gasteiger partial charge is 0.0859 e. The maximum Gasteiger partial charge on any atom is -0.0352 e. The van der Waals surface area contributed by atoms with Gasteiger partial charge in [-0.1, -0.05) is 80.7 Å². The first-order chi connectivity index (χ1) is 6.62. The van der Waals surface area contributed by atoms with E-state index in [1.807, 2.05) is 0 Å². The van der Waals surface area contributed by atoms with Crippen LogP contribution >= 0.6 is 0 Å². The summed E-state index contributed by atoms with van der Waals surface area (Å²) < 4.78 is 0. The van der Waals surface area contributed by atoms with Crippen molar-refractivity contribution >= 4 is 0 Å². The van der Waals surface area contributed by atoms with Gasteiger partial charge in [-0.15, -0.1) is 0 Å². The number of allylic oxidation sites excluding steroid dienone is 4. The van der Waals surface area contributed by atoms with Crippen LogP contribution in [0.3, 0.4) is 0 Å². The van der Waals surface area contributed by atoms with Crippen molar-refractivity contribution in [3.8, 4) is 0 Å². The van der Waals surface area contributed by atoms with E-state index in [1.165, 1.54) is 36.8 Å². The summed E-state index contributed by atoms with van der Waals surface area (Å²) in [6.45, 7) is 13.0. The van der Waals surface area contributed by atoms with E-state index in [-0.39, 0.29) is 29.7 Å². The van der Waals surface area contributed by atoms with E-state index < -0.39 is 0 Å². The maximum atomic E-state index is 2.26. The zero-order valence-corrected chi connectivity index (χ0v) is 11.0. The number of hydrogen-bond donors (Lipinski definition) is 0. The van der Waals surface area contributed by atoms with Crippen LogP contribution in [0.15, 0.2) is 23.3 Å². The molecule has 0 bridgehead atoms. The Morgan fingerprint density at radius 1 is 0.611 bits per heavy atom. The van der Waals surface area contributed by atoms with Gasteiger partial charge in [-0.05, 0) is 39.5 Å². The van der Waals surface area contributed by atoms with Crippen LogP contribution in [0.25, 0.3) is 0 Å². The highest BCUT2D eigenvalue weighted by molar-refractivity contribution is 4.95. The number of rotatable bonds is 4. The second-order valence-electron chi connectivity index (χ2n) is 3.62. The van der Waals surface area contributed by atoms with Crippen molar-refractivity contribution < 1.29 is 0 Å². The second kappa shape index (κ2) is 30.0. The highest BCUT2D eigenvalue weighted by atomic mass is 13.8. The van der Waals surface area contributed by atoms with Gasteiger partial charge in [0.05, 0.1) is 0 Å². The Balaban J connectivity index is -0.0000000327. The Kier molecular flexibility index (Phi) is 60.0. The molecule has 0 nitrogen and oxygen atoms in total. The molecule has 0 aromatic heterocycles. The standard InChI is InChI=1S/2C7H14.4CH4/c2*1-4-6-7(3)5-2;;;;/h2*6H,4-5H2,1-3H3;4*1H4/b7-6+;7-6-;;;;. The van der Waals surface area contributed by atoms with Crippen molar-refractivity contribution in [2.24, 2.45) is 0 Å². The van der Waals surface area contributed by atoms with E-state index in [9.17, 15) is 0 Å². The molecule has 0 N–H and O–H groups in total. The van der Waals surface area contributed by atoms with Crippen LogP contribution < -0.4 is 0 Å². The molecule has 0 unspecified atom stereocenters. The summed E-state index contributed by atoms with van der Waals surface area (Å²) in [6, 6.07) is 0.